The van der Waals surface area contributed by atoms with Crippen LogP contribution in [-0.4, -0.2) is 18.3 Å². The molecule has 14 heavy (non-hydrogen) atoms. The van der Waals surface area contributed by atoms with Crippen molar-refractivity contribution in [1.82, 2.24) is 5.23 Å². The number of hydroxylamine groups is 2. The molecular weight excluding hydrogens is 182 g/mol. The Labute approximate surface area is 81.9 Å². The van der Waals surface area contributed by atoms with E-state index in [0.29, 0.717) is 6.42 Å². The van der Waals surface area contributed by atoms with Gasteiger partial charge in [-0.15, -0.1) is 0 Å². The minimum Gasteiger partial charge on any atom is -0.342 e. The summed E-state index contributed by atoms with van der Waals surface area (Å²) < 4.78 is 0. The van der Waals surface area contributed by atoms with E-state index >= 15 is 0 Å². The zero-order valence-corrected chi connectivity index (χ0v) is 7.84. The molecular formula is C10H11NO3. The highest BCUT2D eigenvalue weighted by Crippen LogP contribution is 2.30. The molecule has 0 spiro atoms. The lowest BCUT2D eigenvalue weighted by molar-refractivity contribution is -0.331. The number of carbonyl (C=O) groups excluding carboxylic acids is 1. The van der Waals surface area contributed by atoms with Gasteiger partial charge in [0.15, 0.2) is 0 Å². The Morgan fingerprint density at radius 1 is 1.43 bits per heavy atom. The molecule has 1 heterocycles. The minimum atomic E-state index is -0.263. The minimum absolute atomic E-state index is 0.131. The van der Waals surface area contributed by atoms with Crippen molar-refractivity contribution in [3.63, 3.8) is 0 Å². The lowest BCUT2D eigenvalue weighted by atomic mass is 10.1. The van der Waals surface area contributed by atoms with Crippen molar-refractivity contribution in [3.05, 3.63) is 35.9 Å². The molecule has 0 bridgehead atoms. The van der Waals surface area contributed by atoms with Crippen LogP contribution < -0.4 is 0 Å². The van der Waals surface area contributed by atoms with Crippen molar-refractivity contribution in [3.8, 4) is 0 Å². The fourth-order valence-corrected chi connectivity index (χ4v) is 1.51. The zero-order valence-electron chi connectivity index (χ0n) is 7.84. The first-order valence-corrected chi connectivity index (χ1v) is 4.40. The van der Waals surface area contributed by atoms with Gasteiger partial charge < -0.3 is 4.84 Å². The summed E-state index contributed by atoms with van der Waals surface area (Å²) >= 11 is 0. The fraction of sp³-hybridized carbons (Fsp3) is 0.300. The van der Waals surface area contributed by atoms with Crippen molar-refractivity contribution >= 4 is 5.97 Å². The fourth-order valence-electron chi connectivity index (χ4n) is 1.51. The van der Waals surface area contributed by atoms with Crippen LogP contribution in [0.25, 0.3) is 0 Å². The summed E-state index contributed by atoms with van der Waals surface area (Å²) in [5.74, 6) is -0.263. The van der Waals surface area contributed by atoms with Crippen LogP contribution in [0.5, 0.6) is 0 Å². The zero-order chi connectivity index (χ0) is 9.97. The van der Waals surface area contributed by atoms with Gasteiger partial charge in [-0.1, -0.05) is 30.3 Å². The third-order valence-electron chi connectivity index (χ3n) is 2.17. The van der Waals surface area contributed by atoms with Gasteiger partial charge in [0.2, 0.25) is 0 Å². The molecule has 0 amide bonds. The SMILES string of the molecule is CON1OC(=O)CC1c1ccccc1. The van der Waals surface area contributed by atoms with E-state index in [-0.39, 0.29) is 12.0 Å². The van der Waals surface area contributed by atoms with Crippen LogP contribution in [0.15, 0.2) is 30.3 Å². The van der Waals surface area contributed by atoms with E-state index < -0.39 is 0 Å². The van der Waals surface area contributed by atoms with E-state index in [1.54, 1.807) is 0 Å². The molecule has 0 aliphatic carbocycles. The summed E-state index contributed by atoms with van der Waals surface area (Å²) in [4.78, 5) is 20.8. The van der Waals surface area contributed by atoms with Gasteiger partial charge in [-0.05, 0) is 10.8 Å². The smallest absolute Gasteiger partial charge is 0.330 e. The van der Waals surface area contributed by atoms with Crippen LogP contribution in [0.2, 0.25) is 0 Å². The lowest BCUT2D eigenvalue weighted by Crippen LogP contribution is -2.20. The number of nitrogens with zero attached hydrogens (tertiary/aromatic N) is 1. The molecule has 0 saturated carbocycles. The molecule has 1 atom stereocenters. The van der Waals surface area contributed by atoms with Crippen LogP contribution >= 0.6 is 0 Å². The third-order valence-corrected chi connectivity index (χ3v) is 2.17. The molecule has 1 aromatic rings. The van der Waals surface area contributed by atoms with Gasteiger partial charge in [0.1, 0.15) is 6.04 Å². The Kier molecular flexibility index (Phi) is 2.47. The normalized spacial score (nSPS) is 22.4. The van der Waals surface area contributed by atoms with Crippen molar-refractivity contribution < 1.29 is 14.5 Å². The number of rotatable bonds is 2. The standard InChI is InChI=1S/C10H11NO3/c1-13-11-9(7-10(12)14-11)8-5-3-2-4-6-8/h2-6,9H,7H2,1H3. The quantitative estimate of drug-likeness (QED) is 0.712. The molecule has 1 saturated heterocycles. The number of carbonyl (C=O) groups is 1. The van der Waals surface area contributed by atoms with E-state index in [0.717, 1.165) is 5.56 Å². The molecule has 1 aliphatic rings. The second-order valence-electron chi connectivity index (χ2n) is 3.06. The molecule has 4 heteroatoms. The van der Waals surface area contributed by atoms with E-state index in [2.05, 4.69) is 0 Å². The van der Waals surface area contributed by atoms with Gasteiger partial charge in [0.05, 0.1) is 13.5 Å². The predicted octanol–water partition coefficient (Wildman–Crippen LogP) is 1.45. The topological polar surface area (TPSA) is 38.8 Å². The van der Waals surface area contributed by atoms with E-state index in [1.165, 1.54) is 12.3 Å². The summed E-state index contributed by atoms with van der Waals surface area (Å²) in [6, 6.07) is 9.53. The maximum atomic E-state index is 11.1. The van der Waals surface area contributed by atoms with E-state index in [1.807, 2.05) is 30.3 Å². The predicted molar refractivity (Wildman–Crippen MR) is 48.7 cm³/mol. The van der Waals surface area contributed by atoms with Gasteiger partial charge in [-0.3, -0.25) is 9.63 Å². The average Bonchev–Trinajstić information content (AvgIpc) is 2.61. The molecule has 1 aromatic carbocycles. The van der Waals surface area contributed by atoms with Crippen molar-refractivity contribution in [2.45, 2.75) is 12.5 Å². The molecule has 1 aliphatic heterocycles. The molecule has 74 valence electrons. The van der Waals surface area contributed by atoms with E-state index in [4.69, 9.17) is 9.68 Å². The molecule has 2 rings (SSSR count). The Balaban J connectivity index is 2.22. The Hall–Kier alpha value is -1.39. The van der Waals surface area contributed by atoms with Gasteiger partial charge in [0, 0.05) is 0 Å². The second-order valence-corrected chi connectivity index (χ2v) is 3.06. The highest BCUT2D eigenvalue weighted by atomic mass is 17.0. The van der Waals surface area contributed by atoms with Crippen LogP contribution in [0, 0.1) is 0 Å². The van der Waals surface area contributed by atoms with Gasteiger partial charge in [0.25, 0.3) is 0 Å². The molecule has 0 aromatic heterocycles. The highest BCUT2D eigenvalue weighted by Gasteiger charge is 2.34. The average molecular weight is 193 g/mol. The molecule has 4 nitrogen and oxygen atoms in total. The van der Waals surface area contributed by atoms with Crippen LogP contribution in [0.1, 0.15) is 18.0 Å². The summed E-state index contributed by atoms with van der Waals surface area (Å²) in [5, 5.41) is 1.23. The highest BCUT2D eigenvalue weighted by molar-refractivity contribution is 5.71. The Morgan fingerprint density at radius 3 is 2.79 bits per heavy atom. The largest absolute Gasteiger partial charge is 0.342 e. The maximum Gasteiger partial charge on any atom is 0.330 e. The van der Waals surface area contributed by atoms with Gasteiger partial charge >= 0.3 is 5.97 Å². The molecule has 0 N–H and O–H groups in total. The van der Waals surface area contributed by atoms with Gasteiger partial charge in [-0.2, -0.15) is 0 Å². The Bertz CT molecular complexity index is 325. The summed E-state index contributed by atoms with van der Waals surface area (Å²) in [6.45, 7) is 0. The molecule has 1 unspecified atom stereocenters. The summed E-state index contributed by atoms with van der Waals surface area (Å²) in [6.07, 6.45) is 0.331. The van der Waals surface area contributed by atoms with Crippen molar-refractivity contribution in [2.75, 3.05) is 7.11 Å². The molecule has 1 fully saturated rings. The van der Waals surface area contributed by atoms with Crippen LogP contribution in [-0.2, 0) is 14.5 Å². The summed E-state index contributed by atoms with van der Waals surface area (Å²) in [7, 11) is 1.48. The number of benzene rings is 1. The maximum absolute atomic E-state index is 11.1. The van der Waals surface area contributed by atoms with Crippen molar-refractivity contribution in [2.24, 2.45) is 0 Å². The van der Waals surface area contributed by atoms with E-state index in [9.17, 15) is 4.79 Å². The van der Waals surface area contributed by atoms with Crippen molar-refractivity contribution in [1.29, 1.82) is 0 Å². The summed E-state index contributed by atoms with van der Waals surface area (Å²) in [5.41, 5.74) is 1.01. The molecule has 0 radical (unpaired) electrons. The third kappa shape index (κ3) is 1.62. The second kappa shape index (κ2) is 3.77. The van der Waals surface area contributed by atoms with Gasteiger partial charge in [-0.25, -0.2) is 0 Å². The lowest BCUT2D eigenvalue weighted by Gasteiger charge is -2.17. The number of hydrogen-bond donors (Lipinski definition) is 0. The number of hydrogen-bond acceptors (Lipinski definition) is 4. The van der Waals surface area contributed by atoms with Crippen LogP contribution in [0.3, 0.4) is 0 Å². The first kappa shape index (κ1) is 9.18. The monoisotopic (exact) mass is 193 g/mol. The Morgan fingerprint density at radius 2 is 2.14 bits per heavy atom. The van der Waals surface area contributed by atoms with Crippen LogP contribution in [0.4, 0.5) is 0 Å². The first-order chi connectivity index (χ1) is 6.81. The first-order valence-electron chi connectivity index (χ1n) is 4.40.